The Bertz CT molecular complexity index is 1310. The predicted octanol–water partition coefficient (Wildman–Crippen LogP) is 3.77. The summed E-state index contributed by atoms with van der Waals surface area (Å²) in [5.41, 5.74) is 3.65. The van der Waals surface area contributed by atoms with E-state index in [1.807, 2.05) is 25.1 Å². The van der Waals surface area contributed by atoms with Gasteiger partial charge in [0, 0.05) is 59.7 Å². The van der Waals surface area contributed by atoms with Crippen molar-refractivity contribution in [2.45, 2.75) is 13.0 Å². The van der Waals surface area contributed by atoms with Crippen molar-refractivity contribution in [1.29, 1.82) is 0 Å². The second-order valence-electron chi connectivity index (χ2n) is 8.08. The van der Waals surface area contributed by atoms with Crippen LogP contribution in [0.15, 0.2) is 63.4 Å². The molecule has 5 rings (SSSR count). The number of benzene rings is 2. The molecule has 1 saturated heterocycles. The van der Waals surface area contributed by atoms with Crippen molar-refractivity contribution in [3.63, 3.8) is 0 Å². The Morgan fingerprint density at radius 1 is 1.21 bits per heavy atom. The summed E-state index contributed by atoms with van der Waals surface area (Å²) in [5, 5.41) is 15.6. The minimum absolute atomic E-state index is 0.0688. The number of ether oxygens (including phenoxy) is 2. The van der Waals surface area contributed by atoms with E-state index in [2.05, 4.69) is 10.2 Å². The van der Waals surface area contributed by atoms with Crippen LogP contribution in [0.2, 0.25) is 0 Å². The maximum absolute atomic E-state index is 11.7. The van der Waals surface area contributed by atoms with Gasteiger partial charge in [-0.1, -0.05) is 0 Å². The summed E-state index contributed by atoms with van der Waals surface area (Å²) in [5.74, 6) is 0.585. The molecular weight excluding hydrogens is 426 g/mol. The number of nitro benzene ring substituents is 1. The molecule has 0 aliphatic carbocycles. The number of rotatable bonds is 5. The average Bonchev–Trinajstić information content (AvgIpc) is 3.16. The Labute approximate surface area is 189 Å². The molecule has 2 aliphatic rings. The molecule has 1 atom stereocenters. The zero-order chi connectivity index (χ0) is 22.9. The minimum Gasteiger partial charge on any atom is -0.489 e. The lowest BCUT2D eigenvalue weighted by molar-refractivity contribution is -0.384. The number of hydrogen-bond donors (Lipinski definition) is 1. The molecule has 1 N–H and O–H groups in total. The molecule has 0 saturated carbocycles. The highest BCUT2D eigenvalue weighted by atomic mass is 16.6. The van der Waals surface area contributed by atoms with Crippen LogP contribution in [-0.4, -0.2) is 42.7 Å². The van der Waals surface area contributed by atoms with Gasteiger partial charge in [0.05, 0.1) is 24.2 Å². The first-order chi connectivity index (χ1) is 16.0. The van der Waals surface area contributed by atoms with E-state index in [0.717, 1.165) is 41.0 Å². The zero-order valence-electron chi connectivity index (χ0n) is 18.1. The van der Waals surface area contributed by atoms with Crippen LogP contribution >= 0.6 is 0 Å². The number of aryl methyl sites for hydroxylation is 1. The molecule has 1 unspecified atom stereocenters. The quantitative estimate of drug-likeness (QED) is 0.356. The van der Waals surface area contributed by atoms with Gasteiger partial charge in [-0.3, -0.25) is 15.0 Å². The third-order valence-corrected chi connectivity index (χ3v) is 6.00. The van der Waals surface area contributed by atoms with E-state index in [9.17, 15) is 14.9 Å². The molecule has 1 aromatic heterocycles. The number of nitrogens with zero attached hydrogens (tertiary/aromatic N) is 2. The van der Waals surface area contributed by atoms with Crippen molar-refractivity contribution in [3.05, 3.63) is 85.9 Å². The Balaban J connectivity index is 1.40. The number of fused-ring (bicyclic) bond motifs is 2. The fourth-order valence-electron chi connectivity index (χ4n) is 4.41. The van der Waals surface area contributed by atoms with Gasteiger partial charge in [0.2, 0.25) is 0 Å². The second-order valence-corrected chi connectivity index (χ2v) is 8.08. The van der Waals surface area contributed by atoms with Gasteiger partial charge in [-0.25, -0.2) is 4.79 Å². The number of nitrogens with one attached hydrogen (secondary N) is 1. The minimum atomic E-state index is -0.394. The van der Waals surface area contributed by atoms with Crippen LogP contribution in [0.1, 0.15) is 17.2 Å². The molecular formula is C24H23N3O6. The Morgan fingerprint density at radius 2 is 2.03 bits per heavy atom. The molecule has 2 aliphatic heterocycles. The Morgan fingerprint density at radius 3 is 2.82 bits per heavy atom. The van der Waals surface area contributed by atoms with Gasteiger partial charge in [0.1, 0.15) is 17.9 Å². The molecule has 9 nitrogen and oxygen atoms in total. The third-order valence-electron chi connectivity index (χ3n) is 6.00. The van der Waals surface area contributed by atoms with E-state index in [-0.39, 0.29) is 23.3 Å². The molecule has 170 valence electrons. The summed E-state index contributed by atoms with van der Waals surface area (Å²) in [7, 11) is 0. The lowest BCUT2D eigenvalue weighted by atomic mass is 10.0. The standard InChI is InChI=1S/C24H23N3O6/c1-15-12-23(28)33-22-14-17(3-4-18(15)22)32-9-6-21-24(26-7-10-31-11-8-26)19-13-16(27(29)30)2-5-20(19)25-21/h2-6,12-14,24-25H,7-11H2,1H3. The SMILES string of the molecule is Cc1cc(=O)oc2cc(OCC=C3Nc4ccc([N+](=O)[O-])cc4C3N3CCOCC3)ccc12. The van der Waals surface area contributed by atoms with Crippen LogP contribution in [-0.2, 0) is 4.74 Å². The predicted molar refractivity (Wildman–Crippen MR) is 123 cm³/mol. The van der Waals surface area contributed by atoms with Crippen LogP contribution in [0.4, 0.5) is 11.4 Å². The number of non-ortho nitro benzene ring substituents is 1. The fraction of sp³-hybridized carbons (Fsp3) is 0.292. The third kappa shape index (κ3) is 4.20. The normalized spacial score (nSPS) is 19.4. The molecule has 3 heterocycles. The first-order valence-corrected chi connectivity index (χ1v) is 10.7. The van der Waals surface area contributed by atoms with E-state index >= 15 is 0 Å². The summed E-state index contributed by atoms with van der Waals surface area (Å²) >= 11 is 0. The van der Waals surface area contributed by atoms with Gasteiger partial charge >= 0.3 is 5.63 Å². The fourth-order valence-corrected chi connectivity index (χ4v) is 4.41. The van der Waals surface area contributed by atoms with Crippen molar-refractivity contribution < 1.29 is 18.8 Å². The molecule has 0 amide bonds. The van der Waals surface area contributed by atoms with E-state index in [1.54, 1.807) is 18.2 Å². The average molecular weight is 449 g/mol. The lowest BCUT2D eigenvalue weighted by Crippen LogP contribution is -2.39. The number of nitro groups is 1. The van der Waals surface area contributed by atoms with E-state index in [1.165, 1.54) is 12.1 Å². The Kier molecular flexibility index (Phi) is 5.57. The highest BCUT2D eigenvalue weighted by molar-refractivity contribution is 5.81. The molecule has 33 heavy (non-hydrogen) atoms. The summed E-state index contributed by atoms with van der Waals surface area (Å²) in [6, 6.07) is 11.6. The van der Waals surface area contributed by atoms with Gasteiger partial charge in [-0.2, -0.15) is 0 Å². The summed E-state index contributed by atoms with van der Waals surface area (Å²) in [4.78, 5) is 24.9. The summed E-state index contributed by atoms with van der Waals surface area (Å²) in [6.07, 6.45) is 1.95. The smallest absolute Gasteiger partial charge is 0.336 e. The maximum Gasteiger partial charge on any atom is 0.336 e. The van der Waals surface area contributed by atoms with E-state index in [0.29, 0.717) is 24.5 Å². The first kappa shape index (κ1) is 21.2. The van der Waals surface area contributed by atoms with Crippen molar-refractivity contribution in [2.24, 2.45) is 0 Å². The highest BCUT2D eigenvalue weighted by Crippen LogP contribution is 2.42. The van der Waals surface area contributed by atoms with Crippen LogP contribution in [0.3, 0.4) is 0 Å². The molecule has 3 aromatic rings. The van der Waals surface area contributed by atoms with Gasteiger partial charge in [0.25, 0.3) is 5.69 Å². The highest BCUT2D eigenvalue weighted by Gasteiger charge is 2.34. The van der Waals surface area contributed by atoms with Crippen molar-refractivity contribution >= 4 is 22.3 Å². The lowest BCUT2D eigenvalue weighted by Gasteiger charge is -2.32. The largest absolute Gasteiger partial charge is 0.489 e. The van der Waals surface area contributed by atoms with Crippen molar-refractivity contribution in [1.82, 2.24) is 4.90 Å². The molecule has 2 aromatic carbocycles. The first-order valence-electron chi connectivity index (χ1n) is 10.7. The zero-order valence-corrected chi connectivity index (χ0v) is 18.1. The molecule has 9 heteroatoms. The van der Waals surface area contributed by atoms with Crippen LogP contribution < -0.4 is 15.7 Å². The second kappa shape index (κ2) is 8.68. The van der Waals surface area contributed by atoms with E-state index in [4.69, 9.17) is 13.9 Å². The Hall–Kier alpha value is -3.69. The number of hydrogen-bond acceptors (Lipinski definition) is 8. The van der Waals surface area contributed by atoms with Crippen LogP contribution in [0.5, 0.6) is 5.75 Å². The van der Waals surface area contributed by atoms with Crippen LogP contribution in [0, 0.1) is 17.0 Å². The summed E-state index contributed by atoms with van der Waals surface area (Å²) < 4.78 is 16.7. The number of morpholine rings is 1. The maximum atomic E-state index is 11.7. The molecule has 1 fully saturated rings. The number of anilines is 1. The van der Waals surface area contributed by atoms with Gasteiger partial charge in [0.15, 0.2) is 0 Å². The molecule has 0 spiro atoms. The van der Waals surface area contributed by atoms with Gasteiger partial charge in [-0.15, -0.1) is 0 Å². The van der Waals surface area contributed by atoms with Gasteiger partial charge in [-0.05, 0) is 36.8 Å². The van der Waals surface area contributed by atoms with Gasteiger partial charge < -0.3 is 19.2 Å². The van der Waals surface area contributed by atoms with Crippen molar-refractivity contribution in [2.75, 3.05) is 38.2 Å². The molecule has 0 bridgehead atoms. The topological polar surface area (TPSA) is 107 Å². The van der Waals surface area contributed by atoms with E-state index < -0.39 is 5.63 Å². The monoisotopic (exact) mass is 449 g/mol. The van der Waals surface area contributed by atoms with Crippen LogP contribution in [0.25, 0.3) is 11.0 Å². The summed E-state index contributed by atoms with van der Waals surface area (Å²) in [6.45, 7) is 4.84. The molecule has 0 radical (unpaired) electrons. The van der Waals surface area contributed by atoms with Crippen molar-refractivity contribution in [3.8, 4) is 5.75 Å².